The third kappa shape index (κ3) is 4.94. The van der Waals surface area contributed by atoms with Gasteiger partial charge in [0.25, 0.3) is 0 Å². The number of rotatable bonds is 5. The summed E-state index contributed by atoms with van der Waals surface area (Å²) in [5.74, 6) is -0.131. The topological polar surface area (TPSA) is 113 Å². The SMILES string of the molecule is CCC1=C(C)C2=CC3=NC(=C(C)/C3=C(/O)c3ccccc3)C=C3NC(=C4CC(=O)C5=C(C)C(=CC1=N2)N=C45)[C@@H](CCC(=O)OC)[C@@H]3C. The third-order valence-corrected chi connectivity index (χ3v) is 10.2. The van der Waals surface area contributed by atoms with Crippen molar-refractivity contribution in [2.45, 2.75) is 60.3 Å². The fourth-order valence-electron chi connectivity index (χ4n) is 7.50. The molecule has 7 rings (SSSR count). The minimum Gasteiger partial charge on any atom is -0.507 e. The normalized spacial score (nSPS) is 24.3. The number of hydrogen-bond acceptors (Lipinski definition) is 8. The van der Waals surface area contributed by atoms with E-state index >= 15 is 0 Å². The number of aliphatic imine (C=N–C) groups is 3. The molecule has 1 aromatic carbocycles. The van der Waals surface area contributed by atoms with Crippen LogP contribution in [0.3, 0.4) is 0 Å². The van der Waals surface area contributed by atoms with Crippen LogP contribution in [0.5, 0.6) is 0 Å². The molecule has 0 aromatic heterocycles. The number of aliphatic hydroxyl groups excluding tert-OH is 1. The molecule has 1 aromatic rings. The van der Waals surface area contributed by atoms with Crippen LogP contribution >= 0.6 is 0 Å². The van der Waals surface area contributed by atoms with E-state index < -0.39 is 0 Å². The van der Waals surface area contributed by atoms with Crippen LogP contribution in [-0.4, -0.2) is 41.1 Å². The Hall–Kier alpha value is -5.11. The molecule has 0 spiro atoms. The van der Waals surface area contributed by atoms with Gasteiger partial charge in [-0.15, -0.1) is 0 Å². The molecule has 6 aliphatic rings. The van der Waals surface area contributed by atoms with Crippen LogP contribution < -0.4 is 5.32 Å². The summed E-state index contributed by atoms with van der Waals surface area (Å²) in [4.78, 5) is 41.1. The lowest BCUT2D eigenvalue weighted by Crippen LogP contribution is -2.15. The highest BCUT2D eigenvalue weighted by Gasteiger charge is 2.43. The van der Waals surface area contributed by atoms with Gasteiger partial charge in [0.1, 0.15) is 5.76 Å². The van der Waals surface area contributed by atoms with Crippen LogP contribution in [0.25, 0.3) is 5.76 Å². The summed E-state index contributed by atoms with van der Waals surface area (Å²) in [6.45, 7) is 10.3. The summed E-state index contributed by atoms with van der Waals surface area (Å²) in [7, 11) is 1.40. The lowest BCUT2D eigenvalue weighted by molar-refractivity contribution is -0.140. The van der Waals surface area contributed by atoms with Crippen molar-refractivity contribution in [1.82, 2.24) is 5.32 Å². The number of ketones is 1. The van der Waals surface area contributed by atoms with E-state index in [1.807, 2.05) is 62.4 Å². The number of Topliss-reactive ketones (excluding diaryl/α,β-unsaturated/α-hetero) is 1. The zero-order chi connectivity index (χ0) is 33.1. The Bertz CT molecular complexity index is 2020. The Kier molecular flexibility index (Phi) is 7.54. The minimum absolute atomic E-state index is 0.00834. The van der Waals surface area contributed by atoms with Gasteiger partial charge in [0.05, 0.1) is 41.3 Å². The Morgan fingerprint density at radius 1 is 0.979 bits per heavy atom. The Morgan fingerprint density at radius 3 is 2.43 bits per heavy atom. The van der Waals surface area contributed by atoms with E-state index in [0.717, 1.165) is 68.5 Å². The molecule has 2 fully saturated rings. The van der Waals surface area contributed by atoms with Crippen molar-refractivity contribution in [3.05, 3.63) is 122 Å². The number of carbonyl (C=O) groups is 2. The molecule has 0 amide bonds. The largest absolute Gasteiger partial charge is 0.507 e. The predicted molar refractivity (Wildman–Crippen MR) is 185 cm³/mol. The molecule has 238 valence electrons. The maximum atomic E-state index is 13.5. The zero-order valence-corrected chi connectivity index (χ0v) is 27.6. The summed E-state index contributed by atoms with van der Waals surface area (Å²) in [6, 6.07) is 9.51. The summed E-state index contributed by atoms with van der Waals surface area (Å²) < 4.78 is 4.99. The third-order valence-electron chi connectivity index (χ3n) is 10.2. The van der Waals surface area contributed by atoms with E-state index in [0.29, 0.717) is 34.6 Å². The second-order valence-electron chi connectivity index (χ2n) is 12.8. The van der Waals surface area contributed by atoms with Crippen molar-refractivity contribution >= 4 is 34.6 Å². The van der Waals surface area contributed by atoms with E-state index in [-0.39, 0.29) is 42.2 Å². The highest BCUT2D eigenvalue weighted by atomic mass is 16.5. The molecule has 5 heterocycles. The molecule has 0 unspecified atom stereocenters. The number of nitrogens with zero attached hydrogens (tertiary/aromatic N) is 3. The second kappa shape index (κ2) is 11.6. The first-order valence-electron chi connectivity index (χ1n) is 16.2. The molecular weight excluding hydrogens is 588 g/mol. The second-order valence-corrected chi connectivity index (χ2v) is 12.8. The number of allylic oxidation sites excluding steroid dienone is 12. The number of esters is 1. The molecule has 1 aliphatic carbocycles. The maximum absolute atomic E-state index is 13.5. The van der Waals surface area contributed by atoms with Gasteiger partial charge in [0.15, 0.2) is 5.78 Å². The maximum Gasteiger partial charge on any atom is 0.305 e. The Labute approximate surface area is 274 Å². The number of nitrogens with one attached hydrogen (secondary N) is 1. The van der Waals surface area contributed by atoms with Crippen molar-refractivity contribution in [2.24, 2.45) is 26.8 Å². The summed E-state index contributed by atoms with van der Waals surface area (Å²) >= 11 is 0. The van der Waals surface area contributed by atoms with Gasteiger partial charge >= 0.3 is 5.97 Å². The zero-order valence-electron chi connectivity index (χ0n) is 27.6. The van der Waals surface area contributed by atoms with Gasteiger partial charge in [-0.05, 0) is 74.1 Å². The molecule has 2 N–H and O–H groups in total. The number of carbonyl (C=O) groups excluding carboxylic acids is 2. The highest BCUT2D eigenvalue weighted by molar-refractivity contribution is 6.38. The van der Waals surface area contributed by atoms with Gasteiger partial charge in [-0.1, -0.05) is 44.2 Å². The van der Waals surface area contributed by atoms with Crippen LogP contribution in [0.4, 0.5) is 0 Å². The van der Waals surface area contributed by atoms with Crippen LogP contribution in [0.1, 0.15) is 65.9 Å². The van der Waals surface area contributed by atoms with Crippen LogP contribution in [0.15, 0.2) is 131 Å². The molecule has 8 heteroatoms. The first-order valence-corrected chi connectivity index (χ1v) is 16.2. The first kappa shape index (κ1) is 30.5. The molecule has 47 heavy (non-hydrogen) atoms. The predicted octanol–water partition coefficient (Wildman–Crippen LogP) is 7.34. The molecular formula is C39H38N4O4. The van der Waals surface area contributed by atoms with E-state index in [1.54, 1.807) is 0 Å². The molecule has 5 aliphatic heterocycles. The number of hydrogen-bond donors (Lipinski definition) is 2. The standard InChI is InChI=1S/C39H38N4O4/c1-7-24-19(2)27-18-32-35(39(46)23-11-9-8-10-12-23)21(4)29(41-32)16-28-20(3)25(13-14-34(45)47-6)37(42-28)26-15-33(44)36-22(5)30(43-38(26)36)17-31(24)40-27/h8-12,16-18,20,25,42,46H,7,13-15H2,1-6H3/b27-18?,28-16?,30-17?,37-26?,39-35-/t20-,25-/m0/s1. The molecule has 1 saturated heterocycles. The van der Waals surface area contributed by atoms with E-state index in [1.165, 1.54) is 7.11 Å². The van der Waals surface area contributed by atoms with Gasteiger partial charge in [-0.25, -0.2) is 15.0 Å². The lowest BCUT2D eigenvalue weighted by Gasteiger charge is -2.17. The summed E-state index contributed by atoms with van der Waals surface area (Å²) in [5, 5.41) is 15.4. The Morgan fingerprint density at radius 2 is 1.70 bits per heavy atom. The molecule has 1 saturated carbocycles. The number of methoxy groups -OCH3 is 1. The van der Waals surface area contributed by atoms with Crippen LogP contribution in [0, 0.1) is 11.8 Å². The summed E-state index contributed by atoms with van der Waals surface area (Å²) in [6.07, 6.45) is 7.83. The molecule has 2 atom stereocenters. The van der Waals surface area contributed by atoms with Crippen molar-refractivity contribution in [3.63, 3.8) is 0 Å². The van der Waals surface area contributed by atoms with Crippen molar-refractivity contribution in [3.8, 4) is 0 Å². The van der Waals surface area contributed by atoms with Crippen LogP contribution in [-0.2, 0) is 14.3 Å². The van der Waals surface area contributed by atoms with Crippen molar-refractivity contribution < 1.29 is 19.4 Å². The summed E-state index contributed by atoms with van der Waals surface area (Å²) in [5.41, 5.74) is 13.0. The van der Waals surface area contributed by atoms with Crippen molar-refractivity contribution in [1.29, 1.82) is 0 Å². The average Bonchev–Trinajstić information content (AvgIpc) is 3.82. The average molecular weight is 627 g/mol. The van der Waals surface area contributed by atoms with Gasteiger partial charge in [0, 0.05) is 58.4 Å². The number of benzene rings is 1. The Balaban J connectivity index is 1.49. The van der Waals surface area contributed by atoms with E-state index in [2.05, 4.69) is 26.1 Å². The number of ether oxygens (including phenoxy) is 1. The van der Waals surface area contributed by atoms with Crippen molar-refractivity contribution in [2.75, 3.05) is 7.11 Å². The highest BCUT2D eigenvalue weighted by Crippen LogP contribution is 2.45. The quantitative estimate of drug-likeness (QED) is 0.262. The van der Waals surface area contributed by atoms with Gasteiger partial charge in [-0.3, -0.25) is 9.59 Å². The van der Waals surface area contributed by atoms with Gasteiger partial charge < -0.3 is 15.2 Å². The molecule has 8 nitrogen and oxygen atoms in total. The lowest BCUT2D eigenvalue weighted by atomic mass is 9.86. The van der Waals surface area contributed by atoms with Gasteiger partial charge in [-0.2, -0.15) is 0 Å². The fourth-order valence-corrected chi connectivity index (χ4v) is 7.50. The van der Waals surface area contributed by atoms with Gasteiger partial charge in [0.2, 0.25) is 0 Å². The first-order chi connectivity index (χ1) is 22.6. The molecule has 8 bridgehead atoms. The minimum atomic E-state index is -0.270. The fraction of sp³-hybridized carbons (Fsp3) is 0.308. The smallest absolute Gasteiger partial charge is 0.305 e. The van der Waals surface area contributed by atoms with E-state index in [4.69, 9.17) is 19.7 Å². The monoisotopic (exact) mass is 626 g/mol. The molecule has 0 radical (unpaired) electrons. The number of aliphatic hydroxyl groups is 1. The van der Waals surface area contributed by atoms with E-state index in [9.17, 15) is 14.7 Å². The van der Waals surface area contributed by atoms with Crippen LogP contribution in [0.2, 0.25) is 0 Å². The number of fused-ring (bicyclic) bond motifs is 5.